The number of halogens is 1. The zero-order valence-corrected chi connectivity index (χ0v) is 11.5. The van der Waals surface area contributed by atoms with Gasteiger partial charge in [0.25, 0.3) is 0 Å². The Morgan fingerprint density at radius 3 is 2.53 bits per heavy atom. The van der Waals surface area contributed by atoms with E-state index in [1.165, 1.54) is 5.56 Å². The molecule has 0 aliphatic rings. The van der Waals surface area contributed by atoms with E-state index >= 15 is 0 Å². The Morgan fingerprint density at radius 1 is 1.12 bits per heavy atom. The average Bonchev–Trinajstić information content (AvgIpc) is 2.33. The molecule has 0 spiro atoms. The highest BCUT2D eigenvalue weighted by atomic mass is 79.9. The van der Waals surface area contributed by atoms with E-state index in [2.05, 4.69) is 43.3 Å². The fourth-order valence-corrected chi connectivity index (χ4v) is 1.92. The Labute approximate surface area is 109 Å². The van der Waals surface area contributed by atoms with Crippen LogP contribution in [0.1, 0.15) is 17.1 Å². The topological polar surface area (TPSA) is 37.8 Å². The first-order valence-electron chi connectivity index (χ1n) is 5.45. The molecule has 88 valence electrons. The number of nitrogens with one attached hydrogen (secondary N) is 1. The third-order valence-corrected chi connectivity index (χ3v) is 3.38. The number of hydrogen-bond acceptors (Lipinski definition) is 3. The van der Waals surface area contributed by atoms with E-state index in [1.54, 1.807) is 0 Å². The number of benzene rings is 1. The van der Waals surface area contributed by atoms with Gasteiger partial charge in [0.2, 0.25) is 0 Å². The summed E-state index contributed by atoms with van der Waals surface area (Å²) < 4.78 is 0.930. The zero-order chi connectivity index (χ0) is 12.3. The molecule has 1 N–H and O–H groups in total. The molecule has 0 radical (unpaired) electrons. The van der Waals surface area contributed by atoms with Gasteiger partial charge in [-0.1, -0.05) is 30.3 Å². The van der Waals surface area contributed by atoms with Gasteiger partial charge in [0.15, 0.2) is 0 Å². The highest BCUT2D eigenvalue weighted by molar-refractivity contribution is 9.10. The number of aryl methyl sites for hydroxylation is 2. The largest absolute Gasteiger partial charge is 0.365 e. The summed E-state index contributed by atoms with van der Waals surface area (Å²) in [4.78, 5) is 8.67. The molecule has 0 saturated carbocycles. The smallest absolute Gasteiger partial charge is 0.144 e. The minimum absolute atomic E-state index is 0.759. The van der Waals surface area contributed by atoms with E-state index in [4.69, 9.17) is 0 Å². The van der Waals surface area contributed by atoms with Gasteiger partial charge >= 0.3 is 0 Å². The van der Waals surface area contributed by atoms with Crippen LogP contribution in [-0.2, 0) is 6.54 Å². The van der Waals surface area contributed by atoms with Crippen molar-refractivity contribution < 1.29 is 0 Å². The molecule has 0 aliphatic heterocycles. The quantitative estimate of drug-likeness (QED) is 0.941. The van der Waals surface area contributed by atoms with Gasteiger partial charge in [-0.05, 0) is 35.3 Å². The summed E-state index contributed by atoms with van der Waals surface area (Å²) in [5.41, 5.74) is 2.18. The maximum atomic E-state index is 4.38. The summed E-state index contributed by atoms with van der Waals surface area (Å²) in [5.74, 6) is 1.63. The molecule has 2 rings (SSSR count). The van der Waals surface area contributed by atoms with Crippen molar-refractivity contribution >= 4 is 21.7 Å². The number of hydrogen-bond donors (Lipinski definition) is 1. The molecule has 0 fully saturated rings. The van der Waals surface area contributed by atoms with Crippen LogP contribution >= 0.6 is 15.9 Å². The zero-order valence-electron chi connectivity index (χ0n) is 9.87. The molecule has 1 aromatic heterocycles. The molecule has 0 aliphatic carbocycles. The maximum Gasteiger partial charge on any atom is 0.144 e. The molecule has 17 heavy (non-hydrogen) atoms. The molecular weight excluding hydrogens is 278 g/mol. The molecule has 4 heteroatoms. The second-order valence-corrected chi connectivity index (χ2v) is 4.65. The monoisotopic (exact) mass is 291 g/mol. The van der Waals surface area contributed by atoms with Crippen LogP contribution in [0.5, 0.6) is 0 Å². The van der Waals surface area contributed by atoms with Crippen molar-refractivity contribution in [2.45, 2.75) is 20.4 Å². The molecule has 0 bridgehead atoms. The molecule has 0 atom stereocenters. The first-order valence-corrected chi connectivity index (χ1v) is 6.24. The van der Waals surface area contributed by atoms with Gasteiger partial charge in [0.1, 0.15) is 11.6 Å². The minimum atomic E-state index is 0.759. The Hall–Kier alpha value is -1.42. The summed E-state index contributed by atoms with van der Waals surface area (Å²) in [6.07, 6.45) is 0. The van der Waals surface area contributed by atoms with Crippen LogP contribution in [-0.4, -0.2) is 9.97 Å². The summed E-state index contributed by atoms with van der Waals surface area (Å²) in [6, 6.07) is 10.2. The van der Waals surface area contributed by atoms with Crippen LogP contribution in [0.2, 0.25) is 0 Å². The standard InChI is InChI=1S/C13H14BrN3/c1-9-12(14)13(17-10(2)16-9)15-8-11-6-4-3-5-7-11/h3-7H,8H2,1-2H3,(H,15,16,17). The van der Waals surface area contributed by atoms with E-state index in [9.17, 15) is 0 Å². The number of aromatic nitrogens is 2. The van der Waals surface area contributed by atoms with E-state index in [0.717, 1.165) is 28.4 Å². The molecule has 1 heterocycles. The first kappa shape index (κ1) is 12.0. The fraction of sp³-hybridized carbons (Fsp3) is 0.231. The second kappa shape index (κ2) is 5.27. The first-order chi connectivity index (χ1) is 8.16. The van der Waals surface area contributed by atoms with Crippen LogP contribution in [0.25, 0.3) is 0 Å². The van der Waals surface area contributed by atoms with Crippen LogP contribution < -0.4 is 5.32 Å². The van der Waals surface area contributed by atoms with Crippen LogP contribution in [0.15, 0.2) is 34.8 Å². The third kappa shape index (κ3) is 3.03. The highest BCUT2D eigenvalue weighted by Gasteiger charge is 2.06. The van der Waals surface area contributed by atoms with Gasteiger partial charge in [-0.3, -0.25) is 0 Å². The molecule has 0 amide bonds. The Kier molecular flexibility index (Phi) is 3.74. The van der Waals surface area contributed by atoms with Crippen molar-refractivity contribution in [3.8, 4) is 0 Å². The third-order valence-electron chi connectivity index (χ3n) is 2.43. The Bertz CT molecular complexity index is 512. The highest BCUT2D eigenvalue weighted by Crippen LogP contribution is 2.23. The normalized spacial score (nSPS) is 10.3. The van der Waals surface area contributed by atoms with Gasteiger partial charge in [-0.15, -0.1) is 0 Å². The van der Waals surface area contributed by atoms with Gasteiger partial charge < -0.3 is 5.32 Å². The van der Waals surface area contributed by atoms with Crippen LogP contribution in [0, 0.1) is 13.8 Å². The second-order valence-electron chi connectivity index (χ2n) is 3.86. The van der Waals surface area contributed by atoms with Crippen molar-refractivity contribution in [1.82, 2.24) is 9.97 Å². The fourth-order valence-electron chi connectivity index (χ4n) is 1.60. The van der Waals surface area contributed by atoms with E-state index in [0.29, 0.717) is 0 Å². The van der Waals surface area contributed by atoms with E-state index < -0.39 is 0 Å². The van der Waals surface area contributed by atoms with Crippen LogP contribution in [0.4, 0.5) is 5.82 Å². The van der Waals surface area contributed by atoms with E-state index in [1.807, 2.05) is 32.0 Å². The van der Waals surface area contributed by atoms with Gasteiger partial charge in [0.05, 0.1) is 10.2 Å². The predicted octanol–water partition coefficient (Wildman–Crippen LogP) is 3.47. The van der Waals surface area contributed by atoms with Crippen molar-refractivity contribution in [2.24, 2.45) is 0 Å². The maximum absolute atomic E-state index is 4.38. The molecular formula is C13H14BrN3. The van der Waals surface area contributed by atoms with Crippen molar-refractivity contribution in [3.05, 3.63) is 51.9 Å². The summed E-state index contributed by atoms with van der Waals surface area (Å²) in [7, 11) is 0. The average molecular weight is 292 g/mol. The lowest BCUT2D eigenvalue weighted by atomic mass is 10.2. The predicted molar refractivity (Wildman–Crippen MR) is 73.0 cm³/mol. The van der Waals surface area contributed by atoms with Gasteiger partial charge in [-0.25, -0.2) is 9.97 Å². The molecule has 0 unspecified atom stereocenters. The summed E-state index contributed by atoms with van der Waals surface area (Å²) in [5, 5.41) is 3.31. The number of rotatable bonds is 3. The lowest BCUT2D eigenvalue weighted by Gasteiger charge is -2.09. The van der Waals surface area contributed by atoms with E-state index in [-0.39, 0.29) is 0 Å². The van der Waals surface area contributed by atoms with Crippen molar-refractivity contribution in [1.29, 1.82) is 0 Å². The Balaban J connectivity index is 2.14. The molecule has 3 nitrogen and oxygen atoms in total. The molecule has 0 saturated heterocycles. The molecule has 2 aromatic rings. The number of anilines is 1. The summed E-state index contributed by atoms with van der Waals surface area (Å²) in [6.45, 7) is 4.62. The van der Waals surface area contributed by atoms with Gasteiger partial charge in [0, 0.05) is 6.54 Å². The summed E-state index contributed by atoms with van der Waals surface area (Å²) >= 11 is 3.50. The lowest BCUT2D eigenvalue weighted by molar-refractivity contribution is 0.980. The van der Waals surface area contributed by atoms with Crippen molar-refractivity contribution in [2.75, 3.05) is 5.32 Å². The minimum Gasteiger partial charge on any atom is -0.365 e. The lowest BCUT2D eigenvalue weighted by Crippen LogP contribution is -2.05. The Morgan fingerprint density at radius 2 is 1.82 bits per heavy atom. The van der Waals surface area contributed by atoms with Crippen molar-refractivity contribution in [3.63, 3.8) is 0 Å². The molecule has 1 aromatic carbocycles. The SMILES string of the molecule is Cc1nc(C)c(Br)c(NCc2ccccc2)n1. The van der Waals surface area contributed by atoms with Gasteiger partial charge in [-0.2, -0.15) is 0 Å². The number of nitrogens with zero attached hydrogens (tertiary/aromatic N) is 2. The van der Waals surface area contributed by atoms with Crippen LogP contribution in [0.3, 0.4) is 0 Å².